The minimum atomic E-state index is -0.432. The van der Waals surface area contributed by atoms with E-state index in [1.165, 1.54) is 0 Å². The highest BCUT2D eigenvalue weighted by Crippen LogP contribution is 2.13. The number of carbonyl (C=O) groups is 2. The van der Waals surface area contributed by atoms with Gasteiger partial charge in [0.1, 0.15) is 0 Å². The molecule has 0 radical (unpaired) electrons. The number of nitrogens with two attached hydrogens (primary N) is 1. The molecule has 1 saturated heterocycles. The van der Waals surface area contributed by atoms with Crippen molar-refractivity contribution in [2.24, 2.45) is 11.7 Å². The number of hydrogen-bond acceptors (Lipinski definition) is 3. The highest BCUT2D eigenvalue weighted by atomic mass is 16.2. The van der Waals surface area contributed by atoms with Gasteiger partial charge in [0.05, 0.1) is 12.5 Å². The van der Waals surface area contributed by atoms with Crippen LogP contribution in [0.2, 0.25) is 0 Å². The van der Waals surface area contributed by atoms with Gasteiger partial charge in [-0.3, -0.25) is 9.59 Å². The zero-order valence-corrected chi connectivity index (χ0v) is 10.6. The summed E-state index contributed by atoms with van der Waals surface area (Å²) in [5, 5.41) is 3.22. The minimum Gasteiger partial charge on any atom is -0.368 e. The summed E-state index contributed by atoms with van der Waals surface area (Å²) in [5.74, 6) is -0.345. The Bertz CT molecular complexity index is 262. The molecule has 1 aliphatic heterocycles. The van der Waals surface area contributed by atoms with Gasteiger partial charge in [0.2, 0.25) is 11.8 Å². The molecule has 0 saturated carbocycles. The van der Waals surface area contributed by atoms with Gasteiger partial charge in [-0.2, -0.15) is 0 Å². The fourth-order valence-electron chi connectivity index (χ4n) is 2.13. The first-order valence-electron chi connectivity index (χ1n) is 6.43. The average molecular weight is 241 g/mol. The molecule has 0 aliphatic carbocycles. The van der Waals surface area contributed by atoms with Crippen LogP contribution in [0.1, 0.15) is 32.6 Å². The van der Waals surface area contributed by atoms with Crippen LogP contribution < -0.4 is 11.1 Å². The van der Waals surface area contributed by atoms with E-state index in [1.807, 2.05) is 0 Å². The van der Waals surface area contributed by atoms with Crippen molar-refractivity contribution in [2.45, 2.75) is 32.6 Å². The van der Waals surface area contributed by atoms with Crippen LogP contribution in [0.3, 0.4) is 0 Å². The van der Waals surface area contributed by atoms with Crippen molar-refractivity contribution in [2.75, 3.05) is 26.2 Å². The minimum absolute atomic E-state index is 0.0138. The van der Waals surface area contributed by atoms with E-state index in [4.69, 9.17) is 5.73 Å². The third kappa shape index (κ3) is 4.73. The number of unbranched alkanes of at least 4 members (excludes halogenated alkanes) is 1. The smallest absolute Gasteiger partial charge is 0.237 e. The molecule has 1 atom stereocenters. The molecular formula is C12H23N3O2. The van der Waals surface area contributed by atoms with Gasteiger partial charge in [-0.05, 0) is 25.8 Å². The molecule has 5 heteroatoms. The summed E-state index contributed by atoms with van der Waals surface area (Å²) >= 11 is 0. The van der Waals surface area contributed by atoms with Crippen LogP contribution in [0.5, 0.6) is 0 Å². The lowest BCUT2D eigenvalue weighted by Gasteiger charge is -2.28. The molecule has 2 amide bonds. The van der Waals surface area contributed by atoms with Crippen molar-refractivity contribution in [3.05, 3.63) is 0 Å². The molecule has 5 nitrogen and oxygen atoms in total. The first-order valence-corrected chi connectivity index (χ1v) is 6.43. The number of rotatable bonds is 6. The SMILES string of the molecule is CCCCN(CC(N)=O)C(=O)C1CCCNC1. The Kier molecular flexibility index (Phi) is 5.97. The summed E-state index contributed by atoms with van der Waals surface area (Å²) in [5.41, 5.74) is 5.18. The number of piperidine rings is 1. The summed E-state index contributed by atoms with van der Waals surface area (Å²) in [7, 11) is 0. The van der Waals surface area contributed by atoms with E-state index in [0.717, 1.165) is 38.8 Å². The average Bonchev–Trinajstić information content (AvgIpc) is 2.34. The Hall–Kier alpha value is -1.10. The zero-order chi connectivity index (χ0) is 12.7. The van der Waals surface area contributed by atoms with Gasteiger partial charge in [-0.1, -0.05) is 13.3 Å². The second-order valence-electron chi connectivity index (χ2n) is 4.62. The Balaban J connectivity index is 2.53. The fraction of sp³-hybridized carbons (Fsp3) is 0.833. The molecule has 0 aromatic rings. The highest BCUT2D eigenvalue weighted by Gasteiger charge is 2.26. The van der Waals surface area contributed by atoms with E-state index >= 15 is 0 Å². The van der Waals surface area contributed by atoms with Gasteiger partial charge < -0.3 is 16.0 Å². The lowest BCUT2D eigenvalue weighted by molar-refractivity contribution is -0.139. The molecular weight excluding hydrogens is 218 g/mol. The quantitative estimate of drug-likeness (QED) is 0.692. The summed E-state index contributed by atoms with van der Waals surface area (Å²) in [4.78, 5) is 24.8. The van der Waals surface area contributed by atoms with Crippen molar-refractivity contribution in [1.82, 2.24) is 10.2 Å². The van der Waals surface area contributed by atoms with Crippen LogP contribution in [0.15, 0.2) is 0 Å². The van der Waals surface area contributed by atoms with Crippen LogP contribution >= 0.6 is 0 Å². The number of nitrogens with one attached hydrogen (secondary N) is 1. The third-order valence-electron chi connectivity index (χ3n) is 3.09. The summed E-state index contributed by atoms with van der Waals surface area (Å²) in [6.45, 7) is 4.45. The molecule has 98 valence electrons. The maximum Gasteiger partial charge on any atom is 0.237 e. The van der Waals surface area contributed by atoms with Gasteiger partial charge >= 0.3 is 0 Å². The number of carbonyl (C=O) groups excluding carboxylic acids is 2. The predicted molar refractivity (Wildman–Crippen MR) is 66.3 cm³/mol. The Morgan fingerprint density at radius 2 is 2.24 bits per heavy atom. The second kappa shape index (κ2) is 7.27. The first kappa shape index (κ1) is 14.0. The molecule has 0 spiro atoms. The van der Waals surface area contributed by atoms with Crippen molar-refractivity contribution in [3.63, 3.8) is 0 Å². The standard InChI is InChI=1S/C12H23N3O2/c1-2-3-7-15(9-11(13)16)12(17)10-5-4-6-14-8-10/h10,14H,2-9H2,1H3,(H2,13,16). The second-order valence-corrected chi connectivity index (χ2v) is 4.62. The number of primary amides is 1. The monoisotopic (exact) mass is 241 g/mol. The van der Waals surface area contributed by atoms with Gasteiger partial charge in [0.25, 0.3) is 0 Å². The van der Waals surface area contributed by atoms with E-state index in [1.54, 1.807) is 4.90 Å². The lowest BCUT2D eigenvalue weighted by atomic mass is 9.98. The molecule has 1 aliphatic rings. The van der Waals surface area contributed by atoms with Gasteiger partial charge in [-0.25, -0.2) is 0 Å². The van der Waals surface area contributed by atoms with Crippen LogP contribution in [0.25, 0.3) is 0 Å². The van der Waals surface area contributed by atoms with E-state index in [-0.39, 0.29) is 18.4 Å². The van der Waals surface area contributed by atoms with Crippen LogP contribution in [-0.2, 0) is 9.59 Å². The molecule has 0 aromatic carbocycles. The van der Waals surface area contributed by atoms with Gasteiger partial charge in [0.15, 0.2) is 0 Å². The molecule has 0 aromatic heterocycles. The summed E-state index contributed by atoms with van der Waals surface area (Å²) in [6, 6.07) is 0. The predicted octanol–water partition coefficient (Wildman–Crippen LogP) is 0.100. The van der Waals surface area contributed by atoms with Crippen LogP contribution in [-0.4, -0.2) is 42.9 Å². The number of hydrogen-bond donors (Lipinski definition) is 2. The van der Waals surface area contributed by atoms with E-state index in [2.05, 4.69) is 12.2 Å². The highest BCUT2D eigenvalue weighted by molar-refractivity contribution is 5.85. The van der Waals surface area contributed by atoms with Crippen LogP contribution in [0, 0.1) is 5.92 Å². The van der Waals surface area contributed by atoms with Crippen molar-refractivity contribution in [3.8, 4) is 0 Å². The summed E-state index contributed by atoms with van der Waals surface area (Å²) in [6.07, 6.45) is 3.85. The van der Waals surface area contributed by atoms with Crippen molar-refractivity contribution in [1.29, 1.82) is 0 Å². The molecule has 0 bridgehead atoms. The first-order chi connectivity index (χ1) is 8.15. The van der Waals surface area contributed by atoms with E-state index in [0.29, 0.717) is 6.54 Å². The Morgan fingerprint density at radius 3 is 2.76 bits per heavy atom. The summed E-state index contributed by atoms with van der Waals surface area (Å²) < 4.78 is 0. The molecule has 1 rings (SSSR count). The number of nitrogens with zero attached hydrogens (tertiary/aromatic N) is 1. The number of amides is 2. The van der Waals surface area contributed by atoms with Gasteiger partial charge in [0, 0.05) is 13.1 Å². The molecule has 1 unspecified atom stereocenters. The van der Waals surface area contributed by atoms with Crippen molar-refractivity contribution < 1.29 is 9.59 Å². The molecule has 17 heavy (non-hydrogen) atoms. The topological polar surface area (TPSA) is 75.4 Å². The lowest BCUT2D eigenvalue weighted by Crippen LogP contribution is -2.46. The normalized spacial score (nSPS) is 19.9. The maximum absolute atomic E-state index is 12.2. The third-order valence-corrected chi connectivity index (χ3v) is 3.09. The largest absolute Gasteiger partial charge is 0.368 e. The molecule has 1 heterocycles. The Labute approximate surface area is 103 Å². The van der Waals surface area contributed by atoms with E-state index in [9.17, 15) is 9.59 Å². The van der Waals surface area contributed by atoms with Gasteiger partial charge in [-0.15, -0.1) is 0 Å². The fourth-order valence-corrected chi connectivity index (χ4v) is 2.13. The maximum atomic E-state index is 12.2. The van der Waals surface area contributed by atoms with E-state index < -0.39 is 5.91 Å². The zero-order valence-electron chi connectivity index (χ0n) is 10.6. The van der Waals surface area contributed by atoms with Crippen LogP contribution in [0.4, 0.5) is 0 Å². The molecule has 1 fully saturated rings. The van der Waals surface area contributed by atoms with Crippen molar-refractivity contribution >= 4 is 11.8 Å². The Morgan fingerprint density at radius 1 is 1.47 bits per heavy atom. The molecule has 3 N–H and O–H groups in total.